The normalized spacial score (nSPS) is 11.4. The first kappa shape index (κ1) is 12.9. The first-order valence-electron chi connectivity index (χ1n) is 5.32. The number of nitriles is 1. The molecular formula is C15H15NO. The van der Waals surface area contributed by atoms with Gasteiger partial charge in [0.05, 0.1) is 6.07 Å². The first-order valence-corrected chi connectivity index (χ1v) is 5.32. The quantitative estimate of drug-likeness (QED) is 0.582. The van der Waals surface area contributed by atoms with E-state index in [1.54, 1.807) is 0 Å². The Morgan fingerprint density at radius 2 is 1.82 bits per heavy atom. The number of ketones is 1. The standard InChI is InChI=1S/C15H15NO/c1-10-5-7-14(8-6-10)15(11(2)9-16)12(3)13(4)17/h5-8,15H,2-3H2,1,4H3. The van der Waals surface area contributed by atoms with E-state index in [1.807, 2.05) is 37.3 Å². The summed E-state index contributed by atoms with van der Waals surface area (Å²) in [7, 11) is 0. The van der Waals surface area contributed by atoms with Crippen molar-refractivity contribution in [2.75, 3.05) is 0 Å². The number of aryl methyl sites for hydroxylation is 1. The summed E-state index contributed by atoms with van der Waals surface area (Å²) in [5, 5.41) is 8.95. The second kappa shape index (κ2) is 5.27. The van der Waals surface area contributed by atoms with Crippen LogP contribution < -0.4 is 0 Å². The monoisotopic (exact) mass is 225 g/mol. The summed E-state index contributed by atoms with van der Waals surface area (Å²) in [6.45, 7) is 10.9. The highest BCUT2D eigenvalue weighted by Crippen LogP contribution is 2.30. The second-order valence-corrected chi connectivity index (χ2v) is 4.06. The van der Waals surface area contributed by atoms with Crippen LogP contribution in [0, 0.1) is 18.3 Å². The maximum absolute atomic E-state index is 11.4. The zero-order chi connectivity index (χ0) is 13.0. The van der Waals surface area contributed by atoms with Crippen LogP contribution in [0.5, 0.6) is 0 Å². The van der Waals surface area contributed by atoms with Gasteiger partial charge in [-0.25, -0.2) is 0 Å². The van der Waals surface area contributed by atoms with Crippen LogP contribution in [0.3, 0.4) is 0 Å². The van der Waals surface area contributed by atoms with Crippen LogP contribution >= 0.6 is 0 Å². The Morgan fingerprint density at radius 3 is 2.24 bits per heavy atom. The van der Waals surface area contributed by atoms with Crippen LogP contribution in [-0.4, -0.2) is 5.78 Å². The van der Waals surface area contributed by atoms with Gasteiger partial charge in [0.1, 0.15) is 0 Å². The summed E-state index contributed by atoms with van der Waals surface area (Å²) in [6.07, 6.45) is 0. The minimum absolute atomic E-state index is 0.119. The Hall–Kier alpha value is -2.14. The molecule has 0 aliphatic heterocycles. The number of allylic oxidation sites excluding steroid dienone is 2. The van der Waals surface area contributed by atoms with Crippen molar-refractivity contribution in [3.63, 3.8) is 0 Å². The predicted octanol–water partition coefficient (Wildman–Crippen LogP) is 3.30. The molecule has 0 spiro atoms. The van der Waals surface area contributed by atoms with Gasteiger partial charge in [-0.05, 0) is 19.4 Å². The van der Waals surface area contributed by atoms with Crippen molar-refractivity contribution in [1.29, 1.82) is 5.26 Å². The Bertz CT molecular complexity index is 503. The van der Waals surface area contributed by atoms with Gasteiger partial charge in [-0.15, -0.1) is 0 Å². The molecule has 1 aromatic rings. The number of carbonyl (C=O) groups is 1. The second-order valence-electron chi connectivity index (χ2n) is 4.06. The van der Waals surface area contributed by atoms with E-state index in [9.17, 15) is 4.79 Å². The minimum atomic E-state index is -0.405. The van der Waals surface area contributed by atoms with Gasteiger partial charge in [-0.2, -0.15) is 5.26 Å². The Morgan fingerprint density at radius 1 is 1.29 bits per heavy atom. The fraction of sp³-hybridized carbons (Fsp3) is 0.200. The van der Waals surface area contributed by atoms with Crippen molar-refractivity contribution < 1.29 is 4.79 Å². The van der Waals surface area contributed by atoms with Gasteiger partial charge in [0.25, 0.3) is 0 Å². The molecule has 0 amide bonds. The predicted molar refractivity (Wildman–Crippen MR) is 68.5 cm³/mol. The summed E-state index contributed by atoms with van der Waals surface area (Å²) >= 11 is 0. The molecule has 0 radical (unpaired) electrons. The number of nitrogens with zero attached hydrogens (tertiary/aromatic N) is 1. The van der Waals surface area contributed by atoms with Gasteiger partial charge in [0, 0.05) is 17.1 Å². The molecule has 0 heterocycles. The summed E-state index contributed by atoms with van der Waals surface area (Å²) in [4.78, 5) is 11.4. The molecule has 0 saturated carbocycles. The highest BCUT2D eigenvalue weighted by atomic mass is 16.1. The fourth-order valence-corrected chi connectivity index (χ4v) is 1.64. The van der Waals surface area contributed by atoms with E-state index < -0.39 is 5.92 Å². The average Bonchev–Trinajstić information content (AvgIpc) is 2.31. The van der Waals surface area contributed by atoms with Gasteiger partial charge in [-0.3, -0.25) is 4.79 Å². The molecule has 1 rings (SSSR count). The van der Waals surface area contributed by atoms with Gasteiger partial charge in [0.15, 0.2) is 5.78 Å². The van der Waals surface area contributed by atoms with E-state index in [0.717, 1.165) is 11.1 Å². The largest absolute Gasteiger partial charge is 0.295 e. The molecule has 2 nitrogen and oxygen atoms in total. The molecule has 0 aliphatic carbocycles. The van der Waals surface area contributed by atoms with Crippen molar-refractivity contribution >= 4 is 5.78 Å². The van der Waals surface area contributed by atoms with Crippen LogP contribution in [0.1, 0.15) is 24.0 Å². The van der Waals surface area contributed by atoms with Crippen molar-refractivity contribution in [2.45, 2.75) is 19.8 Å². The molecule has 86 valence electrons. The molecule has 17 heavy (non-hydrogen) atoms. The molecule has 0 bridgehead atoms. The molecule has 1 unspecified atom stereocenters. The summed E-state index contributed by atoms with van der Waals surface area (Å²) in [5.74, 6) is -0.523. The van der Waals surface area contributed by atoms with Gasteiger partial charge >= 0.3 is 0 Å². The van der Waals surface area contributed by atoms with E-state index >= 15 is 0 Å². The summed E-state index contributed by atoms with van der Waals surface area (Å²) < 4.78 is 0. The first-order chi connectivity index (χ1) is 7.97. The lowest BCUT2D eigenvalue weighted by atomic mass is 9.84. The van der Waals surface area contributed by atoms with Crippen LogP contribution in [0.2, 0.25) is 0 Å². The number of Topliss-reactive ketones (excluding diaryl/α,β-unsaturated/α-hetero) is 1. The maximum Gasteiger partial charge on any atom is 0.156 e. The van der Waals surface area contributed by atoms with Crippen LogP contribution in [0.4, 0.5) is 0 Å². The van der Waals surface area contributed by atoms with Crippen molar-refractivity contribution in [3.05, 3.63) is 59.7 Å². The third kappa shape index (κ3) is 2.92. The number of carbonyl (C=O) groups excluding carboxylic acids is 1. The Kier molecular flexibility index (Phi) is 4.01. The van der Waals surface area contributed by atoms with Crippen molar-refractivity contribution in [2.24, 2.45) is 0 Å². The zero-order valence-corrected chi connectivity index (χ0v) is 10.2. The highest BCUT2D eigenvalue weighted by Gasteiger charge is 2.21. The smallest absolute Gasteiger partial charge is 0.156 e. The molecule has 0 N–H and O–H groups in total. The zero-order valence-electron chi connectivity index (χ0n) is 10.2. The lowest BCUT2D eigenvalue weighted by molar-refractivity contribution is -0.113. The summed E-state index contributed by atoms with van der Waals surface area (Å²) in [5.41, 5.74) is 2.75. The Labute approximate surface area is 102 Å². The SMILES string of the molecule is C=C(C#N)C(C(=C)C(C)=O)c1ccc(C)cc1. The summed E-state index contributed by atoms with van der Waals surface area (Å²) in [6, 6.07) is 9.69. The van der Waals surface area contributed by atoms with E-state index in [0.29, 0.717) is 11.1 Å². The molecule has 0 aromatic heterocycles. The lowest BCUT2D eigenvalue weighted by Gasteiger charge is -2.17. The van der Waals surface area contributed by atoms with Crippen LogP contribution in [0.15, 0.2) is 48.6 Å². The van der Waals surface area contributed by atoms with E-state index in [1.165, 1.54) is 6.92 Å². The molecule has 2 heteroatoms. The minimum Gasteiger partial charge on any atom is -0.295 e. The van der Waals surface area contributed by atoms with Crippen molar-refractivity contribution in [1.82, 2.24) is 0 Å². The Balaban J connectivity index is 3.21. The fourth-order valence-electron chi connectivity index (χ4n) is 1.64. The highest BCUT2D eigenvalue weighted by molar-refractivity contribution is 5.95. The number of benzene rings is 1. The van der Waals surface area contributed by atoms with Gasteiger partial charge in [0.2, 0.25) is 0 Å². The molecule has 1 atom stereocenters. The molecule has 0 fully saturated rings. The molecular weight excluding hydrogens is 210 g/mol. The number of rotatable bonds is 4. The van der Waals surface area contributed by atoms with E-state index in [4.69, 9.17) is 5.26 Å². The average molecular weight is 225 g/mol. The van der Waals surface area contributed by atoms with Gasteiger partial charge in [-0.1, -0.05) is 43.0 Å². The van der Waals surface area contributed by atoms with Crippen LogP contribution in [-0.2, 0) is 4.79 Å². The number of hydrogen-bond donors (Lipinski definition) is 0. The molecule has 0 saturated heterocycles. The topological polar surface area (TPSA) is 40.9 Å². The van der Waals surface area contributed by atoms with Gasteiger partial charge < -0.3 is 0 Å². The number of hydrogen-bond acceptors (Lipinski definition) is 2. The van der Waals surface area contributed by atoms with Crippen molar-refractivity contribution in [3.8, 4) is 6.07 Å². The molecule has 1 aromatic carbocycles. The third-order valence-corrected chi connectivity index (χ3v) is 2.70. The maximum atomic E-state index is 11.4. The molecule has 0 aliphatic rings. The van der Waals surface area contributed by atoms with E-state index in [-0.39, 0.29) is 5.78 Å². The third-order valence-electron chi connectivity index (χ3n) is 2.70. The van der Waals surface area contributed by atoms with Crippen LogP contribution in [0.25, 0.3) is 0 Å². The van der Waals surface area contributed by atoms with E-state index in [2.05, 4.69) is 13.2 Å². The lowest BCUT2D eigenvalue weighted by Crippen LogP contribution is -2.09.